The van der Waals surface area contributed by atoms with Crippen molar-refractivity contribution >= 4 is 35.2 Å². The van der Waals surface area contributed by atoms with Gasteiger partial charge in [-0.25, -0.2) is 0 Å². The number of nitro groups is 1. The van der Waals surface area contributed by atoms with Gasteiger partial charge in [-0.15, -0.1) is 0 Å². The lowest BCUT2D eigenvalue weighted by molar-refractivity contribution is -0.384. The van der Waals surface area contributed by atoms with Crippen molar-refractivity contribution in [3.05, 3.63) is 110 Å². The van der Waals surface area contributed by atoms with Crippen LogP contribution in [-0.2, 0) is 0 Å². The Bertz CT molecular complexity index is 1420. The Morgan fingerprint density at radius 3 is 2.39 bits per heavy atom. The minimum atomic E-state index is -0.591. The van der Waals surface area contributed by atoms with Gasteiger partial charge in [-0.1, -0.05) is 59.6 Å². The number of hydrogen-bond donors (Lipinski definition) is 0. The lowest BCUT2D eigenvalue weighted by atomic mass is 10.1. The second kappa shape index (κ2) is 13.9. The van der Waals surface area contributed by atoms with E-state index in [4.69, 9.17) is 16.3 Å². The van der Waals surface area contributed by atoms with Crippen molar-refractivity contribution in [1.29, 1.82) is 0 Å². The Morgan fingerprint density at radius 2 is 1.71 bits per heavy atom. The standard InChI is InChI=1S/C31H33ClN4O5/c1-23-9-11-25(12-10-23)30(37)34(15-5-7-24-6-3-4-8-29(24)41-2)19-16-33-17-20-35(21-18-33)31(38)26-13-14-27(32)28(22-26)36(39)40/h3-14,22H,15-21H2,1-2H3/b7-5+. The van der Waals surface area contributed by atoms with Crippen molar-refractivity contribution in [2.75, 3.05) is 52.9 Å². The number of aryl methyl sites for hydroxylation is 1. The molecule has 2 amide bonds. The first-order chi connectivity index (χ1) is 19.8. The highest BCUT2D eigenvalue weighted by molar-refractivity contribution is 6.32. The second-order valence-corrected chi connectivity index (χ2v) is 10.2. The van der Waals surface area contributed by atoms with E-state index < -0.39 is 4.92 Å². The molecule has 1 aliphatic heterocycles. The largest absolute Gasteiger partial charge is 0.496 e. The summed E-state index contributed by atoms with van der Waals surface area (Å²) in [5.74, 6) is 0.454. The van der Waals surface area contributed by atoms with Gasteiger partial charge < -0.3 is 14.5 Å². The van der Waals surface area contributed by atoms with E-state index in [1.54, 1.807) is 12.0 Å². The summed E-state index contributed by atoms with van der Waals surface area (Å²) in [6.45, 7) is 5.80. The SMILES string of the molecule is COc1ccccc1/C=C/CN(CCN1CCN(C(=O)c2ccc(Cl)c([N+](=O)[O-])c2)CC1)C(=O)c1ccc(C)cc1. The van der Waals surface area contributed by atoms with Gasteiger partial charge in [0.15, 0.2) is 0 Å². The molecule has 0 N–H and O–H groups in total. The average Bonchev–Trinajstić information content (AvgIpc) is 2.99. The van der Waals surface area contributed by atoms with Gasteiger partial charge in [-0.05, 0) is 37.3 Å². The van der Waals surface area contributed by atoms with Crippen LogP contribution < -0.4 is 4.74 Å². The van der Waals surface area contributed by atoms with Crippen LogP contribution in [0.4, 0.5) is 5.69 Å². The summed E-state index contributed by atoms with van der Waals surface area (Å²) in [5.41, 5.74) is 2.61. The van der Waals surface area contributed by atoms with E-state index in [0.29, 0.717) is 51.4 Å². The number of hydrogen-bond acceptors (Lipinski definition) is 6. The first-order valence-electron chi connectivity index (χ1n) is 13.4. The van der Waals surface area contributed by atoms with Crippen LogP contribution in [0.15, 0.2) is 72.8 Å². The zero-order valence-corrected chi connectivity index (χ0v) is 23.9. The van der Waals surface area contributed by atoms with Crippen molar-refractivity contribution in [2.45, 2.75) is 6.92 Å². The van der Waals surface area contributed by atoms with Crippen molar-refractivity contribution in [3.63, 3.8) is 0 Å². The fourth-order valence-electron chi connectivity index (χ4n) is 4.67. The molecule has 0 saturated carbocycles. The zero-order chi connectivity index (χ0) is 29.4. The minimum absolute atomic E-state index is 0.00106. The van der Waals surface area contributed by atoms with Gasteiger partial charge in [0.25, 0.3) is 17.5 Å². The molecule has 1 saturated heterocycles. The predicted octanol–water partition coefficient (Wildman–Crippen LogP) is 5.18. The Balaban J connectivity index is 1.38. The highest BCUT2D eigenvalue weighted by atomic mass is 35.5. The molecule has 41 heavy (non-hydrogen) atoms. The molecule has 3 aromatic carbocycles. The number of amides is 2. The van der Waals surface area contributed by atoms with Gasteiger partial charge in [0.05, 0.1) is 12.0 Å². The van der Waals surface area contributed by atoms with Crippen LogP contribution in [0.1, 0.15) is 31.8 Å². The molecular weight excluding hydrogens is 544 g/mol. The molecular formula is C31H33ClN4O5. The van der Waals surface area contributed by atoms with Crippen molar-refractivity contribution in [2.24, 2.45) is 0 Å². The lowest BCUT2D eigenvalue weighted by Gasteiger charge is -2.35. The molecule has 1 heterocycles. The normalized spacial score (nSPS) is 13.8. The molecule has 4 rings (SSSR count). The molecule has 1 fully saturated rings. The summed E-state index contributed by atoms with van der Waals surface area (Å²) in [4.78, 5) is 42.8. The van der Waals surface area contributed by atoms with E-state index in [1.165, 1.54) is 18.2 Å². The molecule has 0 aromatic heterocycles. The quantitative estimate of drug-likeness (QED) is 0.244. The molecule has 0 atom stereocenters. The van der Waals surface area contributed by atoms with Crippen LogP contribution in [0.3, 0.4) is 0 Å². The van der Waals surface area contributed by atoms with Crippen LogP contribution in [0.2, 0.25) is 5.02 Å². The Morgan fingerprint density at radius 1 is 1.02 bits per heavy atom. The highest BCUT2D eigenvalue weighted by Gasteiger charge is 2.25. The molecule has 1 aliphatic rings. The number of carbonyl (C=O) groups excluding carboxylic acids is 2. The summed E-state index contributed by atoms with van der Waals surface area (Å²) in [6.07, 6.45) is 3.92. The summed E-state index contributed by atoms with van der Waals surface area (Å²) >= 11 is 5.89. The second-order valence-electron chi connectivity index (χ2n) is 9.82. The Labute approximate surface area is 244 Å². The van der Waals surface area contributed by atoms with E-state index >= 15 is 0 Å². The third-order valence-electron chi connectivity index (χ3n) is 7.08. The van der Waals surface area contributed by atoms with Gasteiger partial charge in [-0.3, -0.25) is 24.6 Å². The van der Waals surface area contributed by atoms with Crippen molar-refractivity contribution in [1.82, 2.24) is 14.7 Å². The monoisotopic (exact) mass is 576 g/mol. The van der Waals surface area contributed by atoms with Gasteiger partial charge in [-0.2, -0.15) is 0 Å². The number of para-hydroxylation sites is 1. The van der Waals surface area contributed by atoms with E-state index in [0.717, 1.165) is 16.9 Å². The number of methoxy groups -OCH3 is 1. The molecule has 0 spiro atoms. The lowest BCUT2D eigenvalue weighted by Crippen LogP contribution is -2.50. The maximum Gasteiger partial charge on any atom is 0.288 e. The predicted molar refractivity (Wildman–Crippen MR) is 160 cm³/mol. The molecule has 3 aromatic rings. The van der Waals surface area contributed by atoms with Crippen molar-refractivity contribution in [3.8, 4) is 5.75 Å². The van der Waals surface area contributed by atoms with E-state index in [9.17, 15) is 19.7 Å². The highest BCUT2D eigenvalue weighted by Crippen LogP contribution is 2.26. The average molecular weight is 577 g/mol. The van der Waals surface area contributed by atoms with Gasteiger partial charge in [0.2, 0.25) is 0 Å². The summed E-state index contributed by atoms with van der Waals surface area (Å²) < 4.78 is 5.43. The molecule has 214 valence electrons. The van der Waals surface area contributed by atoms with E-state index in [-0.39, 0.29) is 28.1 Å². The maximum absolute atomic E-state index is 13.4. The summed E-state index contributed by atoms with van der Waals surface area (Å²) in [5, 5.41) is 11.2. The van der Waals surface area contributed by atoms with E-state index in [1.807, 2.05) is 72.5 Å². The van der Waals surface area contributed by atoms with Gasteiger partial charge >= 0.3 is 0 Å². The fraction of sp³-hybridized carbons (Fsp3) is 0.290. The number of rotatable bonds is 10. The van der Waals surface area contributed by atoms with E-state index in [2.05, 4.69) is 4.90 Å². The smallest absolute Gasteiger partial charge is 0.288 e. The van der Waals surface area contributed by atoms with Crippen molar-refractivity contribution < 1.29 is 19.2 Å². The number of halogens is 1. The van der Waals surface area contributed by atoms with Crippen LogP contribution in [0.25, 0.3) is 6.08 Å². The first kappa shape index (κ1) is 29.8. The number of ether oxygens (including phenoxy) is 1. The fourth-order valence-corrected chi connectivity index (χ4v) is 4.86. The number of nitrogens with zero attached hydrogens (tertiary/aromatic N) is 4. The molecule has 9 nitrogen and oxygen atoms in total. The summed E-state index contributed by atoms with van der Waals surface area (Å²) in [6, 6.07) is 19.4. The van der Waals surface area contributed by atoms with Gasteiger partial charge in [0.1, 0.15) is 10.8 Å². The molecule has 0 unspecified atom stereocenters. The summed E-state index contributed by atoms with van der Waals surface area (Å²) in [7, 11) is 1.63. The number of carbonyl (C=O) groups is 2. The van der Waals surface area contributed by atoms with Crippen LogP contribution >= 0.6 is 11.6 Å². The Kier molecular flexibility index (Phi) is 10.1. The maximum atomic E-state index is 13.4. The van der Waals surface area contributed by atoms with Crippen LogP contribution in [-0.4, -0.2) is 84.4 Å². The number of benzene rings is 3. The van der Waals surface area contributed by atoms with Crippen LogP contribution in [0, 0.1) is 17.0 Å². The molecule has 0 radical (unpaired) electrons. The van der Waals surface area contributed by atoms with Gasteiger partial charge in [0, 0.05) is 68.6 Å². The third kappa shape index (κ3) is 7.71. The number of piperazine rings is 1. The Hall–Kier alpha value is -4.21. The molecule has 0 bridgehead atoms. The topological polar surface area (TPSA) is 96.2 Å². The number of nitro benzene ring substituents is 1. The minimum Gasteiger partial charge on any atom is -0.496 e. The van der Waals surface area contributed by atoms with Crippen LogP contribution in [0.5, 0.6) is 5.75 Å². The molecule has 10 heteroatoms. The molecule has 0 aliphatic carbocycles. The third-order valence-corrected chi connectivity index (χ3v) is 7.40. The zero-order valence-electron chi connectivity index (χ0n) is 23.2. The first-order valence-corrected chi connectivity index (χ1v) is 13.8.